The van der Waals surface area contributed by atoms with E-state index in [1.807, 2.05) is 13.8 Å². The van der Waals surface area contributed by atoms with Crippen LogP contribution in [-0.2, 0) is 14.4 Å². The van der Waals surface area contributed by atoms with Gasteiger partial charge in [-0.3, -0.25) is 14.4 Å². The minimum Gasteiger partial charge on any atom is -0.493 e. The Balaban J connectivity index is 1.55. The van der Waals surface area contributed by atoms with E-state index >= 15 is 0 Å². The monoisotopic (exact) mass is 538 g/mol. The van der Waals surface area contributed by atoms with Gasteiger partial charge in [0.05, 0.1) is 25.6 Å². The van der Waals surface area contributed by atoms with Crippen LogP contribution in [0.4, 0.5) is 11.4 Å². The van der Waals surface area contributed by atoms with Gasteiger partial charge in [-0.15, -0.1) is 0 Å². The third-order valence-electron chi connectivity index (χ3n) is 5.04. The summed E-state index contributed by atoms with van der Waals surface area (Å²) in [6, 6.07) is 16.8. The fourth-order valence-corrected chi connectivity index (χ4v) is 3.36. The highest BCUT2D eigenvalue weighted by Gasteiger charge is 2.15. The van der Waals surface area contributed by atoms with Gasteiger partial charge in [0.1, 0.15) is 5.75 Å². The second-order valence-corrected chi connectivity index (χ2v) is 8.23. The number of carbonyl (C=O) groups is 3. The van der Waals surface area contributed by atoms with E-state index in [1.54, 1.807) is 60.7 Å². The summed E-state index contributed by atoms with van der Waals surface area (Å²) in [7, 11) is 1.45. The fraction of sp³-hybridized carbons (Fsp3) is 0.185. The number of rotatable bonds is 10. The van der Waals surface area contributed by atoms with Gasteiger partial charge in [-0.25, -0.2) is 5.43 Å². The number of benzene rings is 3. The van der Waals surface area contributed by atoms with Gasteiger partial charge in [-0.2, -0.15) is 5.10 Å². The largest absolute Gasteiger partial charge is 0.493 e. The van der Waals surface area contributed by atoms with Crippen LogP contribution in [0.15, 0.2) is 65.8 Å². The average Bonchev–Trinajstić information content (AvgIpc) is 2.91. The SMILES string of the molecule is CCOc1ccccc1NC(=O)C(=O)N/N=C\c1ccc(OCC(=O)Nc2cc(Cl)ccc2C)c(OC)c1. The van der Waals surface area contributed by atoms with Crippen LogP contribution in [0, 0.1) is 6.92 Å². The van der Waals surface area contributed by atoms with Crippen molar-refractivity contribution in [1.29, 1.82) is 0 Å². The molecule has 0 aromatic heterocycles. The second kappa shape index (κ2) is 13.7. The number of ether oxygens (including phenoxy) is 3. The van der Waals surface area contributed by atoms with Crippen LogP contribution in [0.2, 0.25) is 5.02 Å². The second-order valence-electron chi connectivity index (χ2n) is 7.79. The first kappa shape index (κ1) is 28.0. The molecule has 38 heavy (non-hydrogen) atoms. The minimum absolute atomic E-state index is 0.257. The Morgan fingerprint density at radius 3 is 2.45 bits per heavy atom. The molecule has 0 unspecified atom stereocenters. The van der Waals surface area contributed by atoms with Gasteiger partial charge >= 0.3 is 11.8 Å². The van der Waals surface area contributed by atoms with E-state index in [4.69, 9.17) is 25.8 Å². The lowest BCUT2D eigenvalue weighted by atomic mass is 10.2. The molecule has 0 aliphatic rings. The molecule has 0 fully saturated rings. The third kappa shape index (κ3) is 7.97. The average molecular weight is 539 g/mol. The first-order chi connectivity index (χ1) is 18.3. The molecule has 3 amide bonds. The number of aryl methyl sites for hydroxylation is 1. The number of hydrazone groups is 1. The zero-order chi connectivity index (χ0) is 27.5. The molecule has 0 saturated carbocycles. The molecule has 3 aromatic rings. The van der Waals surface area contributed by atoms with Crippen molar-refractivity contribution in [3.8, 4) is 17.2 Å². The van der Waals surface area contributed by atoms with Crippen LogP contribution in [0.3, 0.4) is 0 Å². The van der Waals surface area contributed by atoms with Crippen LogP contribution >= 0.6 is 11.6 Å². The van der Waals surface area contributed by atoms with Gasteiger partial charge in [-0.05, 0) is 67.4 Å². The minimum atomic E-state index is -0.958. The summed E-state index contributed by atoms with van der Waals surface area (Å²) in [5, 5.41) is 9.57. The smallest absolute Gasteiger partial charge is 0.329 e. The predicted molar refractivity (Wildman–Crippen MR) is 145 cm³/mol. The first-order valence-electron chi connectivity index (χ1n) is 11.5. The number of hydrogen-bond acceptors (Lipinski definition) is 7. The van der Waals surface area contributed by atoms with Crippen molar-refractivity contribution in [2.75, 3.05) is 31.0 Å². The summed E-state index contributed by atoms with van der Waals surface area (Å²) in [6.07, 6.45) is 1.33. The lowest BCUT2D eigenvalue weighted by Gasteiger charge is -2.12. The normalized spacial score (nSPS) is 10.5. The lowest BCUT2D eigenvalue weighted by molar-refractivity contribution is -0.136. The highest BCUT2D eigenvalue weighted by atomic mass is 35.5. The highest BCUT2D eigenvalue weighted by Crippen LogP contribution is 2.28. The Hall–Kier alpha value is -4.57. The quantitative estimate of drug-likeness (QED) is 0.202. The van der Waals surface area contributed by atoms with Gasteiger partial charge in [0, 0.05) is 10.7 Å². The van der Waals surface area contributed by atoms with Crippen LogP contribution in [0.1, 0.15) is 18.1 Å². The molecular formula is C27H27ClN4O6. The van der Waals surface area contributed by atoms with Crippen molar-refractivity contribution in [2.24, 2.45) is 5.10 Å². The molecule has 10 nitrogen and oxygen atoms in total. The van der Waals surface area contributed by atoms with E-state index in [1.165, 1.54) is 13.3 Å². The number of nitrogens with zero attached hydrogens (tertiary/aromatic N) is 1. The third-order valence-corrected chi connectivity index (χ3v) is 5.28. The fourth-order valence-electron chi connectivity index (χ4n) is 3.19. The molecule has 0 aliphatic carbocycles. The number of carbonyl (C=O) groups excluding carboxylic acids is 3. The van der Waals surface area contributed by atoms with Crippen LogP contribution in [0.5, 0.6) is 17.2 Å². The Morgan fingerprint density at radius 2 is 1.68 bits per heavy atom. The van der Waals surface area contributed by atoms with Gasteiger partial charge in [-0.1, -0.05) is 29.8 Å². The van der Waals surface area contributed by atoms with Crippen LogP contribution in [-0.4, -0.2) is 44.3 Å². The molecule has 11 heteroatoms. The van der Waals surface area contributed by atoms with E-state index in [-0.39, 0.29) is 12.5 Å². The summed E-state index contributed by atoms with van der Waals surface area (Å²) >= 11 is 5.99. The first-order valence-corrected chi connectivity index (χ1v) is 11.9. The summed E-state index contributed by atoms with van der Waals surface area (Å²) in [5.41, 5.74) is 4.55. The Kier molecular flexibility index (Phi) is 10.1. The molecule has 0 spiro atoms. The molecule has 0 heterocycles. The zero-order valence-electron chi connectivity index (χ0n) is 21.0. The van der Waals surface area contributed by atoms with E-state index in [2.05, 4.69) is 21.2 Å². The number of nitrogens with one attached hydrogen (secondary N) is 3. The van der Waals surface area contributed by atoms with E-state index in [0.29, 0.717) is 45.8 Å². The molecule has 0 saturated heterocycles. The van der Waals surface area contributed by atoms with Crippen molar-refractivity contribution in [1.82, 2.24) is 5.43 Å². The highest BCUT2D eigenvalue weighted by molar-refractivity contribution is 6.39. The maximum absolute atomic E-state index is 12.3. The summed E-state index contributed by atoms with van der Waals surface area (Å²) < 4.78 is 16.4. The van der Waals surface area contributed by atoms with Crippen molar-refractivity contribution in [3.63, 3.8) is 0 Å². The lowest BCUT2D eigenvalue weighted by Crippen LogP contribution is -2.32. The summed E-state index contributed by atoms with van der Waals surface area (Å²) in [4.78, 5) is 36.7. The number of methoxy groups -OCH3 is 1. The molecule has 3 N–H and O–H groups in total. The van der Waals surface area contributed by atoms with Crippen molar-refractivity contribution >= 4 is 46.9 Å². The molecule has 198 valence electrons. The molecular weight excluding hydrogens is 512 g/mol. The Morgan fingerprint density at radius 1 is 0.895 bits per heavy atom. The number of para-hydroxylation sites is 2. The molecule has 0 radical (unpaired) electrons. The molecule has 3 rings (SSSR count). The maximum Gasteiger partial charge on any atom is 0.329 e. The molecule has 3 aromatic carbocycles. The van der Waals surface area contributed by atoms with Gasteiger partial charge in [0.2, 0.25) is 0 Å². The number of amides is 3. The zero-order valence-corrected chi connectivity index (χ0v) is 21.8. The van der Waals surface area contributed by atoms with E-state index in [0.717, 1.165) is 5.56 Å². The van der Waals surface area contributed by atoms with E-state index in [9.17, 15) is 14.4 Å². The predicted octanol–water partition coefficient (Wildman–Crippen LogP) is 4.16. The van der Waals surface area contributed by atoms with Gasteiger partial charge < -0.3 is 24.8 Å². The standard InChI is InChI=1S/C27H27ClN4O6/c1-4-37-22-8-6-5-7-20(22)31-26(34)27(35)32-29-15-18-10-12-23(24(13-18)36-3)38-16-25(33)30-21-14-19(28)11-9-17(21)2/h5-15H,4,16H2,1-3H3,(H,30,33)(H,31,34)(H,32,35)/b29-15-. The van der Waals surface area contributed by atoms with Gasteiger partial charge in [0.15, 0.2) is 18.1 Å². The van der Waals surface area contributed by atoms with Crippen LogP contribution < -0.4 is 30.3 Å². The maximum atomic E-state index is 12.3. The van der Waals surface area contributed by atoms with E-state index < -0.39 is 11.8 Å². The molecule has 0 atom stereocenters. The number of anilines is 2. The number of hydrogen-bond donors (Lipinski definition) is 3. The van der Waals surface area contributed by atoms with Crippen LogP contribution in [0.25, 0.3) is 0 Å². The summed E-state index contributed by atoms with van der Waals surface area (Å²) in [5.74, 6) is -1.10. The van der Waals surface area contributed by atoms with Crippen molar-refractivity contribution in [2.45, 2.75) is 13.8 Å². The number of halogens is 1. The van der Waals surface area contributed by atoms with Crippen molar-refractivity contribution < 1.29 is 28.6 Å². The molecule has 0 aliphatic heterocycles. The topological polar surface area (TPSA) is 127 Å². The van der Waals surface area contributed by atoms with Gasteiger partial charge in [0.25, 0.3) is 5.91 Å². The van der Waals surface area contributed by atoms with Crippen molar-refractivity contribution in [3.05, 3.63) is 76.8 Å². The Bertz CT molecular complexity index is 1340. The Labute approximate surface area is 224 Å². The molecule has 0 bridgehead atoms. The summed E-state index contributed by atoms with van der Waals surface area (Å²) in [6.45, 7) is 3.82.